The zero-order valence-corrected chi connectivity index (χ0v) is 13.2. The predicted octanol–water partition coefficient (Wildman–Crippen LogP) is 1.02. The molecule has 5 nitrogen and oxygen atoms in total. The van der Waals surface area contributed by atoms with Gasteiger partial charge in [-0.2, -0.15) is 4.31 Å². The lowest BCUT2D eigenvalue weighted by Crippen LogP contribution is -2.49. The summed E-state index contributed by atoms with van der Waals surface area (Å²) in [6, 6.07) is 2.38. The Kier molecular flexibility index (Phi) is 3.89. The fourth-order valence-electron chi connectivity index (χ4n) is 2.65. The van der Waals surface area contributed by atoms with Crippen molar-refractivity contribution in [3.05, 3.63) is 16.5 Å². The van der Waals surface area contributed by atoms with Gasteiger partial charge in [-0.05, 0) is 31.4 Å². The van der Waals surface area contributed by atoms with E-state index in [0.29, 0.717) is 23.3 Å². The van der Waals surface area contributed by atoms with E-state index in [0.717, 1.165) is 23.5 Å². The lowest BCUT2D eigenvalue weighted by molar-refractivity contribution is 0.181. The molecule has 1 aliphatic heterocycles. The Bertz CT molecular complexity index is 585. The first-order valence-electron chi connectivity index (χ1n) is 6.97. The standard InChI is InChI=1S/C13H20N2O3S2/c1-10-8-13(19-12(10)9-16)20(17,18)15-6-4-14(5-7-15)11-2-3-11/h8,11,16H,2-7,9H2,1H3. The molecule has 3 rings (SSSR count). The van der Waals surface area contributed by atoms with Crippen LogP contribution >= 0.6 is 11.3 Å². The third-order valence-electron chi connectivity index (χ3n) is 4.07. The molecule has 2 aliphatic rings. The van der Waals surface area contributed by atoms with E-state index in [-0.39, 0.29) is 6.61 Å². The minimum absolute atomic E-state index is 0.0958. The van der Waals surface area contributed by atoms with Crippen LogP contribution in [0.25, 0.3) is 0 Å². The third kappa shape index (κ3) is 2.65. The number of aliphatic hydroxyl groups excluding tert-OH is 1. The van der Waals surface area contributed by atoms with E-state index >= 15 is 0 Å². The summed E-state index contributed by atoms with van der Waals surface area (Å²) >= 11 is 1.19. The zero-order valence-electron chi connectivity index (χ0n) is 11.6. The number of hydrogen-bond donors (Lipinski definition) is 1. The monoisotopic (exact) mass is 316 g/mol. The predicted molar refractivity (Wildman–Crippen MR) is 78.3 cm³/mol. The van der Waals surface area contributed by atoms with E-state index in [1.54, 1.807) is 10.4 Å². The Labute approximate surface area is 123 Å². The Hall–Kier alpha value is -0.470. The fraction of sp³-hybridized carbons (Fsp3) is 0.692. The number of sulfonamides is 1. The molecule has 0 unspecified atom stereocenters. The number of rotatable bonds is 4. The van der Waals surface area contributed by atoms with E-state index in [2.05, 4.69) is 4.90 Å². The number of hydrogen-bond acceptors (Lipinski definition) is 5. The molecule has 0 radical (unpaired) electrons. The van der Waals surface area contributed by atoms with Crippen LogP contribution in [0.2, 0.25) is 0 Å². The molecule has 1 aromatic heterocycles. The molecule has 1 N–H and O–H groups in total. The average molecular weight is 316 g/mol. The van der Waals surface area contributed by atoms with E-state index < -0.39 is 10.0 Å². The smallest absolute Gasteiger partial charge is 0.252 e. The summed E-state index contributed by atoms with van der Waals surface area (Å²) in [5, 5.41) is 9.21. The van der Waals surface area contributed by atoms with Crippen molar-refractivity contribution in [2.45, 2.75) is 36.6 Å². The van der Waals surface area contributed by atoms with E-state index in [1.807, 2.05) is 6.92 Å². The van der Waals surface area contributed by atoms with Crippen molar-refractivity contribution < 1.29 is 13.5 Å². The van der Waals surface area contributed by atoms with Crippen LogP contribution in [-0.4, -0.2) is 55.0 Å². The highest BCUT2D eigenvalue weighted by Crippen LogP contribution is 2.31. The van der Waals surface area contributed by atoms with Crippen molar-refractivity contribution in [2.75, 3.05) is 26.2 Å². The van der Waals surface area contributed by atoms with Crippen LogP contribution in [0.5, 0.6) is 0 Å². The first-order valence-corrected chi connectivity index (χ1v) is 9.22. The Balaban J connectivity index is 1.74. The van der Waals surface area contributed by atoms with Crippen LogP contribution in [-0.2, 0) is 16.6 Å². The molecule has 0 amide bonds. The topological polar surface area (TPSA) is 60.9 Å². The van der Waals surface area contributed by atoms with Crippen molar-refractivity contribution in [1.29, 1.82) is 0 Å². The molecule has 0 bridgehead atoms. The van der Waals surface area contributed by atoms with Crippen molar-refractivity contribution in [1.82, 2.24) is 9.21 Å². The number of piperazine rings is 1. The first-order chi connectivity index (χ1) is 9.52. The molecule has 1 aromatic rings. The number of nitrogens with zero attached hydrogens (tertiary/aromatic N) is 2. The third-order valence-corrected chi connectivity index (χ3v) is 7.64. The number of thiophene rings is 1. The van der Waals surface area contributed by atoms with Crippen molar-refractivity contribution in [3.8, 4) is 0 Å². The Morgan fingerprint density at radius 2 is 1.95 bits per heavy atom. The van der Waals surface area contributed by atoms with Crippen LogP contribution in [0.3, 0.4) is 0 Å². The van der Waals surface area contributed by atoms with Crippen LogP contribution in [0.15, 0.2) is 10.3 Å². The molecule has 1 aliphatic carbocycles. The lowest BCUT2D eigenvalue weighted by atomic mass is 10.3. The second-order valence-electron chi connectivity index (χ2n) is 5.50. The first kappa shape index (κ1) is 14.5. The Morgan fingerprint density at radius 1 is 1.30 bits per heavy atom. The second-order valence-corrected chi connectivity index (χ2v) is 8.80. The van der Waals surface area contributed by atoms with E-state index in [4.69, 9.17) is 0 Å². The molecule has 1 saturated heterocycles. The minimum atomic E-state index is -3.39. The van der Waals surface area contributed by atoms with Crippen molar-refractivity contribution in [2.24, 2.45) is 0 Å². The van der Waals surface area contributed by atoms with Gasteiger partial charge in [0.15, 0.2) is 0 Å². The maximum absolute atomic E-state index is 12.6. The van der Waals surface area contributed by atoms with Gasteiger partial charge in [0.1, 0.15) is 4.21 Å². The van der Waals surface area contributed by atoms with Gasteiger partial charge < -0.3 is 5.11 Å². The lowest BCUT2D eigenvalue weighted by Gasteiger charge is -2.33. The maximum Gasteiger partial charge on any atom is 0.252 e. The zero-order chi connectivity index (χ0) is 14.3. The van der Waals surface area contributed by atoms with Gasteiger partial charge in [-0.15, -0.1) is 11.3 Å². The molecule has 112 valence electrons. The van der Waals surface area contributed by atoms with Gasteiger partial charge in [-0.3, -0.25) is 4.90 Å². The highest BCUT2D eigenvalue weighted by Gasteiger charge is 2.35. The van der Waals surface area contributed by atoms with Crippen molar-refractivity contribution in [3.63, 3.8) is 0 Å². The molecule has 1 saturated carbocycles. The highest BCUT2D eigenvalue weighted by molar-refractivity contribution is 7.91. The average Bonchev–Trinajstić information content (AvgIpc) is 3.22. The molecule has 2 heterocycles. The second kappa shape index (κ2) is 5.38. The van der Waals surface area contributed by atoms with Gasteiger partial charge in [0.25, 0.3) is 10.0 Å². The molecular formula is C13H20N2O3S2. The van der Waals surface area contributed by atoms with Gasteiger partial charge in [-0.25, -0.2) is 8.42 Å². The summed E-state index contributed by atoms with van der Waals surface area (Å²) in [5.74, 6) is 0. The normalized spacial score (nSPS) is 22.3. The SMILES string of the molecule is Cc1cc(S(=O)(=O)N2CCN(C3CC3)CC2)sc1CO. The van der Waals surface area contributed by atoms with Crippen LogP contribution in [0.1, 0.15) is 23.3 Å². The molecule has 0 atom stereocenters. The van der Waals surface area contributed by atoms with Crippen LogP contribution in [0, 0.1) is 6.92 Å². The van der Waals surface area contributed by atoms with E-state index in [9.17, 15) is 13.5 Å². The van der Waals surface area contributed by atoms with Crippen molar-refractivity contribution >= 4 is 21.4 Å². The quantitative estimate of drug-likeness (QED) is 0.901. The summed E-state index contributed by atoms with van der Waals surface area (Å²) in [6.45, 7) is 4.56. The van der Waals surface area contributed by atoms with E-state index in [1.165, 1.54) is 24.2 Å². The summed E-state index contributed by atoms with van der Waals surface area (Å²) < 4.78 is 27.1. The summed E-state index contributed by atoms with van der Waals surface area (Å²) in [6.07, 6.45) is 2.52. The molecule has 2 fully saturated rings. The molecule has 0 aromatic carbocycles. The molecule has 7 heteroatoms. The van der Waals surface area contributed by atoms with Gasteiger partial charge in [0, 0.05) is 37.1 Å². The number of aryl methyl sites for hydroxylation is 1. The fourth-order valence-corrected chi connectivity index (χ4v) is 5.68. The van der Waals surface area contributed by atoms with Gasteiger partial charge in [-0.1, -0.05) is 0 Å². The summed E-state index contributed by atoms with van der Waals surface area (Å²) in [4.78, 5) is 3.13. The largest absolute Gasteiger partial charge is 0.391 e. The molecular weight excluding hydrogens is 296 g/mol. The maximum atomic E-state index is 12.6. The van der Waals surface area contributed by atoms with Crippen LogP contribution < -0.4 is 0 Å². The summed E-state index contributed by atoms with van der Waals surface area (Å²) in [7, 11) is -3.39. The molecule has 0 spiro atoms. The number of aliphatic hydroxyl groups is 1. The highest BCUT2D eigenvalue weighted by atomic mass is 32.2. The Morgan fingerprint density at radius 3 is 2.45 bits per heavy atom. The van der Waals surface area contributed by atoms with Gasteiger partial charge in [0.2, 0.25) is 0 Å². The van der Waals surface area contributed by atoms with Gasteiger partial charge in [0.05, 0.1) is 6.61 Å². The van der Waals surface area contributed by atoms with Crippen LogP contribution in [0.4, 0.5) is 0 Å². The summed E-state index contributed by atoms with van der Waals surface area (Å²) in [5.41, 5.74) is 0.854. The van der Waals surface area contributed by atoms with Gasteiger partial charge >= 0.3 is 0 Å². The minimum Gasteiger partial charge on any atom is -0.391 e. The molecule has 20 heavy (non-hydrogen) atoms.